The number of hydrogen-bond donors (Lipinski definition) is 2. The summed E-state index contributed by atoms with van der Waals surface area (Å²) in [5.41, 5.74) is 8.90. The molecule has 0 saturated heterocycles. The number of allylic oxidation sites excluding steroid dienone is 2. The number of anilines is 2. The molecule has 3 N–H and O–H groups in total. The quantitative estimate of drug-likeness (QED) is 0.762. The highest BCUT2D eigenvalue weighted by atomic mass is 19.1. The third-order valence-electron chi connectivity index (χ3n) is 2.73. The standard InChI is InChI=1S/C13H15FN2/c1-9(10-4-2-3-5-10)16-13-7-6-11(14)8-12(13)15/h4,6-8,16H,1-3,5,15H2. The van der Waals surface area contributed by atoms with Gasteiger partial charge in [0.2, 0.25) is 0 Å². The van der Waals surface area contributed by atoms with Crippen LogP contribution in [0.5, 0.6) is 0 Å². The van der Waals surface area contributed by atoms with Crippen LogP contribution in [0, 0.1) is 5.82 Å². The lowest BCUT2D eigenvalue weighted by Crippen LogP contribution is -2.03. The number of nitrogens with one attached hydrogen (secondary N) is 1. The van der Waals surface area contributed by atoms with Crippen molar-refractivity contribution in [1.82, 2.24) is 0 Å². The molecule has 1 aromatic carbocycles. The summed E-state index contributed by atoms with van der Waals surface area (Å²) in [6.07, 6.45) is 5.51. The van der Waals surface area contributed by atoms with Crippen LogP contribution in [0.1, 0.15) is 19.3 Å². The fourth-order valence-corrected chi connectivity index (χ4v) is 1.84. The monoisotopic (exact) mass is 218 g/mol. The van der Waals surface area contributed by atoms with Gasteiger partial charge in [0.25, 0.3) is 0 Å². The molecule has 0 heterocycles. The molecule has 0 radical (unpaired) electrons. The average Bonchev–Trinajstić information content (AvgIpc) is 2.75. The van der Waals surface area contributed by atoms with Crippen LogP contribution >= 0.6 is 0 Å². The van der Waals surface area contributed by atoms with Crippen molar-refractivity contribution in [2.45, 2.75) is 19.3 Å². The SMILES string of the molecule is C=C(Nc1ccc(F)cc1N)C1=CCCC1. The van der Waals surface area contributed by atoms with E-state index in [0.717, 1.165) is 18.5 Å². The second-order valence-electron chi connectivity index (χ2n) is 3.96. The smallest absolute Gasteiger partial charge is 0.125 e. The van der Waals surface area contributed by atoms with Gasteiger partial charge in [0, 0.05) is 5.70 Å². The third kappa shape index (κ3) is 2.24. The predicted octanol–water partition coefficient (Wildman–Crippen LogP) is 3.44. The minimum Gasteiger partial charge on any atom is -0.397 e. The Morgan fingerprint density at radius 2 is 2.25 bits per heavy atom. The van der Waals surface area contributed by atoms with Gasteiger partial charge in [-0.3, -0.25) is 0 Å². The van der Waals surface area contributed by atoms with Crippen LogP contribution in [-0.2, 0) is 0 Å². The molecule has 84 valence electrons. The van der Waals surface area contributed by atoms with Gasteiger partial charge in [-0.1, -0.05) is 12.7 Å². The van der Waals surface area contributed by atoms with Crippen LogP contribution in [0.25, 0.3) is 0 Å². The van der Waals surface area contributed by atoms with Gasteiger partial charge in [0.15, 0.2) is 0 Å². The van der Waals surface area contributed by atoms with Crippen LogP contribution in [0.4, 0.5) is 15.8 Å². The zero-order valence-corrected chi connectivity index (χ0v) is 9.09. The molecule has 1 aliphatic carbocycles. The Kier molecular flexibility index (Phi) is 2.95. The molecule has 0 bridgehead atoms. The van der Waals surface area contributed by atoms with Gasteiger partial charge in [-0.05, 0) is 43.0 Å². The summed E-state index contributed by atoms with van der Waals surface area (Å²) in [6.45, 7) is 3.97. The van der Waals surface area contributed by atoms with E-state index in [0.29, 0.717) is 11.4 Å². The number of benzene rings is 1. The Labute approximate surface area is 94.7 Å². The zero-order chi connectivity index (χ0) is 11.5. The topological polar surface area (TPSA) is 38.0 Å². The summed E-state index contributed by atoms with van der Waals surface area (Å²) < 4.78 is 12.8. The number of nitrogens with two attached hydrogens (primary N) is 1. The van der Waals surface area contributed by atoms with E-state index < -0.39 is 0 Å². The Hall–Kier alpha value is -1.77. The van der Waals surface area contributed by atoms with Gasteiger partial charge in [0.1, 0.15) is 5.82 Å². The van der Waals surface area contributed by atoms with Crippen LogP contribution < -0.4 is 11.1 Å². The van der Waals surface area contributed by atoms with Crippen molar-refractivity contribution in [3.63, 3.8) is 0 Å². The van der Waals surface area contributed by atoms with E-state index >= 15 is 0 Å². The first-order valence-corrected chi connectivity index (χ1v) is 5.37. The first-order valence-electron chi connectivity index (χ1n) is 5.37. The number of halogens is 1. The van der Waals surface area contributed by atoms with Crippen molar-refractivity contribution in [2.75, 3.05) is 11.1 Å². The maximum Gasteiger partial charge on any atom is 0.125 e. The normalized spacial score (nSPS) is 14.7. The summed E-state index contributed by atoms with van der Waals surface area (Å²) >= 11 is 0. The minimum absolute atomic E-state index is 0.325. The Morgan fingerprint density at radius 3 is 2.88 bits per heavy atom. The molecule has 2 nitrogen and oxygen atoms in total. The first kappa shape index (κ1) is 10.7. The average molecular weight is 218 g/mol. The van der Waals surface area contributed by atoms with Crippen LogP contribution in [0.2, 0.25) is 0 Å². The van der Waals surface area contributed by atoms with E-state index in [9.17, 15) is 4.39 Å². The lowest BCUT2D eigenvalue weighted by Gasteiger charge is -2.12. The molecular weight excluding hydrogens is 203 g/mol. The largest absolute Gasteiger partial charge is 0.397 e. The number of nitrogen functional groups attached to an aromatic ring is 1. The van der Waals surface area contributed by atoms with Crippen molar-refractivity contribution >= 4 is 11.4 Å². The molecule has 0 aliphatic heterocycles. The minimum atomic E-state index is -0.325. The molecule has 16 heavy (non-hydrogen) atoms. The first-order chi connectivity index (χ1) is 7.66. The van der Waals surface area contributed by atoms with Crippen molar-refractivity contribution in [3.05, 3.63) is 47.9 Å². The Bertz CT molecular complexity index is 449. The molecule has 1 aromatic rings. The van der Waals surface area contributed by atoms with Crippen molar-refractivity contribution in [3.8, 4) is 0 Å². The summed E-state index contributed by atoms with van der Waals surface area (Å²) in [5.74, 6) is -0.325. The zero-order valence-electron chi connectivity index (χ0n) is 9.09. The van der Waals surface area contributed by atoms with Gasteiger partial charge in [-0.15, -0.1) is 0 Å². The second-order valence-corrected chi connectivity index (χ2v) is 3.96. The molecular formula is C13H15FN2. The highest BCUT2D eigenvalue weighted by Gasteiger charge is 2.09. The highest BCUT2D eigenvalue weighted by Crippen LogP contribution is 2.27. The fourth-order valence-electron chi connectivity index (χ4n) is 1.84. The van der Waals surface area contributed by atoms with Crippen LogP contribution in [0.3, 0.4) is 0 Å². The molecule has 0 aromatic heterocycles. The van der Waals surface area contributed by atoms with Crippen LogP contribution in [-0.4, -0.2) is 0 Å². The van der Waals surface area contributed by atoms with Gasteiger partial charge in [-0.25, -0.2) is 4.39 Å². The van der Waals surface area contributed by atoms with Crippen molar-refractivity contribution in [2.24, 2.45) is 0 Å². The molecule has 0 fully saturated rings. The van der Waals surface area contributed by atoms with Crippen molar-refractivity contribution < 1.29 is 4.39 Å². The van der Waals surface area contributed by atoms with Crippen molar-refractivity contribution in [1.29, 1.82) is 0 Å². The molecule has 0 atom stereocenters. The molecule has 0 amide bonds. The highest BCUT2D eigenvalue weighted by molar-refractivity contribution is 5.69. The summed E-state index contributed by atoms with van der Waals surface area (Å²) in [7, 11) is 0. The fraction of sp³-hybridized carbons (Fsp3) is 0.231. The summed E-state index contributed by atoms with van der Waals surface area (Å²) in [5, 5.41) is 3.12. The van der Waals surface area contributed by atoms with Gasteiger partial charge in [-0.2, -0.15) is 0 Å². The number of hydrogen-bond acceptors (Lipinski definition) is 2. The van der Waals surface area contributed by atoms with Gasteiger partial charge in [0.05, 0.1) is 11.4 Å². The van der Waals surface area contributed by atoms with E-state index in [1.165, 1.54) is 24.1 Å². The van der Waals surface area contributed by atoms with E-state index in [-0.39, 0.29) is 5.82 Å². The number of rotatable bonds is 3. The molecule has 0 unspecified atom stereocenters. The lowest BCUT2D eigenvalue weighted by molar-refractivity contribution is 0.628. The van der Waals surface area contributed by atoms with Gasteiger partial charge >= 0.3 is 0 Å². The molecule has 0 spiro atoms. The van der Waals surface area contributed by atoms with E-state index in [4.69, 9.17) is 5.73 Å². The molecule has 1 aliphatic rings. The van der Waals surface area contributed by atoms with Crippen LogP contribution in [0.15, 0.2) is 42.1 Å². The van der Waals surface area contributed by atoms with E-state index in [2.05, 4.69) is 18.0 Å². The predicted molar refractivity (Wildman–Crippen MR) is 65.5 cm³/mol. The van der Waals surface area contributed by atoms with E-state index in [1.807, 2.05) is 0 Å². The molecule has 3 heteroatoms. The molecule has 0 saturated carbocycles. The maximum absolute atomic E-state index is 12.8. The van der Waals surface area contributed by atoms with E-state index in [1.54, 1.807) is 6.07 Å². The second kappa shape index (κ2) is 4.39. The maximum atomic E-state index is 12.8. The van der Waals surface area contributed by atoms with Gasteiger partial charge < -0.3 is 11.1 Å². The Morgan fingerprint density at radius 1 is 1.44 bits per heavy atom. The molecule has 2 rings (SSSR count). The summed E-state index contributed by atoms with van der Waals surface area (Å²) in [4.78, 5) is 0. The lowest BCUT2D eigenvalue weighted by atomic mass is 10.1. The Balaban J connectivity index is 2.11. The third-order valence-corrected chi connectivity index (χ3v) is 2.73. The summed E-state index contributed by atoms with van der Waals surface area (Å²) in [6, 6.07) is 4.32.